The van der Waals surface area contributed by atoms with Gasteiger partial charge in [-0.1, -0.05) is 18.2 Å². The number of nitrogens with zero attached hydrogens (tertiary/aromatic N) is 3. The third-order valence-corrected chi connectivity index (χ3v) is 4.13. The Balaban J connectivity index is 1.82. The number of ether oxygens (including phenoxy) is 1. The van der Waals surface area contributed by atoms with Crippen LogP contribution in [0.3, 0.4) is 0 Å². The van der Waals surface area contributed by atoms with Crippen molar-refractivity contribution in [3.8, 4) is 0 Å². The number of aryl methyl sites for hydroxylation is 1. The number of alkyl halides is 1. The number of morpholine rings is 1. The average Bonchev–Trinajstić information content (AvgIpc) is 2.75. The fraction of sp³-hybridized carbons (Fsp3) is 0.533. The van der Waals surface area contributed by atoms with E-state index < -0.39 is 0 Å². The molecule has 2 unspecified atom stereocenters. The van der Waals surface area contributed by atoms with Crippen molar-refractivity contribution in [2.45, 2.75) is 25.7 Å². The Labute approximate surface area is 124 Å². The highest BCUT2D eigenvalue weighted by molar-refractivity contribution is 6.18. The van der Waals surface area contributed by atoms with Gasteiger partial charge >= 0.3 is 0 Å². The first-order valence-corrected chi connectivity index (χ1v) is 7.55. The lowest BCUT2D eigenvalue weighted by Crippen LogP contribution is -2.46. The predicted octanol–water partition coefficient (Wildman–Crippen LogP) is 2.40. The van der Waals surface area contributed by atoms with Crippen LogP contribution in [0.25, 0.3) is 10.9 Å². The van der Waals surface area contributed by atoms with Crippen LogP contribution >= 0.6 is 11.6 Å². The maximum absolute atomic E-state index is 5.94. The van der Waals surface area contributed by atoms with Crippen molar-refractivity contribution in [2.24, 2.45) is 7.05 Å². The fourth-order valence-corrected chi connectivity index (χ4v) is 3.14. The Morgan fingerprint density at radius 1 is 1.35 bits per heavy atom. The van der Waals surface area contributed by atoms with Gasteiger partial charge in [0.05, 0.1) is 23.4 Å². The van der Waals surface area contributed by atoms with E-state index in [0.717, 1.165) is 25.3 Å². The summed E-state index contributed by atoms with van der Waals surface area (Å²) in [5.74, 6) is 0.545. The molecule has 2 heterocycles. The van der Waals surface area contributed by atoms with Crippen molar-refractivity contribution in [3.63, 3.8) is 0 Å². The van der Waals surface area contributed by atoms with Crippen LogP contribution in [0.4, 0.5) is 0 Å². The quantitative estimate of drug-likeness (QED) is 0.814. The first-order chi connectivity index (χ1) is 9.67. The van der Waals surface area contributed by atoms with Crippen LogP contribution in [0.5, 0.6) is 0 Å². The van der Waals surface area contributed by atoms with E-state index in [9.17, 15) is 0 Å². The minimum Gasteiger partial charge on any atom is -0.371 e. The Bertz CT molecular complexity index is 598. The maximum atomic E-state index is 5.94. The topological polar surface area (TPSA) is 30.3 Å². The number of aromatic nitrogens is 2. The molecule has 0 amide bonds. The summed E-state index contributed by atoms with van der Waals surface area (Å²) in [7, 11) is 2.00. The number of rotatable bonds is 3. The Morgan fingerprint density at radius 3 is 2.95 bits per heavy atom. The number of fused-ring (bicyclic) bond motifs is 1. The monoisotopic (exact) mass is 293 g/mol. The summed E-state index contributed by atoms with van der Waals surface area (Å²) in [5, 5.41) is 5.89. The molecule has 1 aromatic heterocycles. The van der Waals surface area contributed by atoms with Gasteiger partial charge in [0.15, 0.2) is 0 Å². The molecule has 1 aromatic carbocycles. The third-order valence-electron chi connectivity index (χ3n) is 3.78. The van der Waals surface area contributed by atoms with Crippen LogP contribution in [-0.2, 0) is 18.3 Å². The van der Waals surface area contributed by atoms with E-state index in [1.165, 1.54) is 10.9 Å². The van der Waals surface area contributed by atoms with Crippen molar-refractivity contribution < 1.29 is 4.74 Å². The van der Waals surface area contributed by atoms with Crippen molar-refractivity contribution in [1.29, 1.82) is 0 Å². The second-order valence-electron chi connectivity index (χ2n) is 5.50. The average molecular weight is 294 g/mol. The first-order valence-electron chi connectivity index (χ1n) is 7.01. The van der Waals surface area contributed by atoms with Crippen LogP contribution in [0.1, 0.15) is 12.6 Å². The summed E-state index contributed by atoms with van der Waals surface area (Å²) in [5.41, 5.74) is 2.31. The lowest BCUT2D eigenvalue weighted by molar-refractivity contribution is -0.0691. The Hall–Kier alpha value is -1.10. The van der Waals surface area contributed by atoms with Gasteiger partial charge in [0.2, 0.25) is 0 Å². The van der Waals surface area contributed by atoms with Crippen molar-refractivity contribution in [1.82, 2.24) is 14.7 Å². The van der Waals surface area contributed by atoms with Gasteiger partial charge in [-0.15, -0.1) is 11.6 Å². The van der Waals surface area contributed by atoms with Gasteiger partial charge in [-0.25, -0.2) is 0 Å². The molecule has 2 aromatic rings. The van der Waals surface area contributed by atoms with Crippen molar-refractivity contribution in [2.75, 3.05) is 19.0 Å². The molecule has 4 nitrogen and oxygen atoms in total. The molecule has 0 saturated carbocycles. The standard InChI is InChI=1S/C15H20ClN3O/c1-11-8-19(9-12(7-16)20-11)10-14-13-5-3-4-6-15(13)18(2)17-14/h3-6,11-12H,7-10H2,1-2H3. The highest BCUT2D eigenvalue weighted by Gasteiger charge is 2.25. The van der Waals surface area contributed by atoms with Crippen LogP contribution in [-0.4, -0.2) is 45.9 Å². The Kier molecular flexibility index (Phi) is 3.96. The number of hydrogen-bond donors (Lipinski definition) is 0. The van der Waals surface area contributed by atoms with Crippen LogP contribution in [0.2, 0.25) is 0 Å². The van der Waals surface area contributed by atoms with Crippen molar-refractivity contribution in [3.05, 3.63) is 30.0 Å². The van der Waals surface area contributed by atoms with E-state index in [0.29, 0.717) is 5.88 Å². The molecule has 0 spiro atoms. The summed E-state index contributed by atoms with van der Waals surface area (Å²) in [4.78, 5) is 2.38. The van der Waals surface area contributed by atoms with Gasteiger partial charge < -0.3 is 4.74 Å². The van der Waals surface area contributed by atoms with Gasteiger partial charge in [0.25, 0.3) is 0 Å². The molecule has 108 valence electrons. The van der Waals surface area contributed by atoms with E-state index in [4.69, 9.17) is 16.3 Å². The van der Waals surface area contributed by atoms with Gasteiger partial charge in [-0.2, -0.15) is 5.10 Å². The van der Waals surface area contributed by atoms with Gasteiger partial charge in [0.1, 0.15) is 0 Å². The summed E-state index contributed by atoms with van der Waals surface area (Å²) in [6.45, 7) is 4.75. The van der Waals surface area contributed by atoms with Crippen LogP contribution in [0, 0.1) is 0 Å². The lowest BCUT2D eigenvalue weighted by atomic mass is 10.1. The largest absolute Gasteiger partial charge is 0.371 e. The molecular formula is C15H20ClN3O. The number of halogens is 1. The highest BCUT2D eigenvalue weighted by atomic mass is 35.5. The molecular weight excluding hydrogens is 274 g/mol. The van der Waals surface area contributed by atoms with E-state index in [2.05, 4.69) is 35.1 Å². The number of para-hydroxylation sites is 1. The predicted molar refractivity (Wildman–Crippen MR) is 81.0 cm³/mol. The SMILES string of the molecule is CC1CN(Cc2nn(C)c3ccccc23)CC(CCl)O1. The second kappa shape index (κ2) is 5.72. The molecule has 5 heteroatoms. The van der Waals surface area contributed by atoms with E-state index in [-0.39, 0.29) is 12.2 Å². The molecule has 1 aliphatic rings. The molecule has 1 aliphatic heterocycles. The molecule has 1 fully saturated rings. The summed E-state index contributed by atoms with van der Waals surface area (Å²) >= 11 is 5.94. The molecule has 0 aliphatic carbocycles. The van der Waals surface area contributed by atoms with Crippen LogP contribution in [0.15, 0.2) is 24.3 Å². The highest BCUT2D eigenvalue weighted by Crippen LogP contribution is 2.21. The van der Waals surface area contributed by atoms with Gasteiger partial charge in [-0.3, -0.25) is 9.58 Å². The lowest BCUT2D eigenvalue weighted by Gasteiger charge is -2.35. The zero-order valence-electron chi connectivity index (χ0n) is 11.9. The molecule has 0 N–H and O–H groups in total. The minimum atomic E-state index is 0.121. The first kappa shape index (κ1) is 13.9. The second-order valence-corrected chi connectivity index (χ2v) is 5.81. The minimum absolute atomic E-state index is 0.121. The van der Waals surface area contributed by atoms with E-state index in [1.54, 1.807) is 0 Å². The normalized spacial score (nSPS) is 24.4. The smallest absolute Gasteiger partial charge is 0.0843 e. The number of benzene rings is 1. The summed E-state index contributed by atoms with van der Waals surface area (Å²) in [6.07, 6.45) is 0.345. The van der Waals surface area contributed by atoms with Crippen LogP contribution < -0.4 is 0 Å². The molecule has 2 atom stereocenters. The maximum Gasteiger partial charge on any atom is 0.0843 e. The Morgan fingerprint density at radius 2 is 2.15 bits per heavy atom. The molecule has 3 rings (SSSR count). The van der Waals surface area contributed by atoms with E-state index in [1.807, 2.05) is 17.8 Å². The fourth-order valence-electron chi connectivity index (χ4n) is 2.97. The zero-order valence-corrected chi connectivity index (χ0v) is 12.7. The third kappa shape index (κ3) is 2.68. The molecule has 0 bridgehead atoms. The summed E-state index contributed by atoms with van der Waals surface area (Å²) < 4.78 is 7.75. The van der Waals surface area contributed by atoms with E-state index >= 15 is 0 Å². The van der Waals surface area contributed by atoms with Gasteiger partial charge in [0, 0.05) is 37.9 Å². The molecule has 0 radical (unpaired) electrons. The zero-order chi connectivity index (χ0) is 14.1. The van der Waals surface area contributed by atoms with Crippen molar-refractivity contribution >= 4 is 22.5 Å². The van der Waals surface area contributed by atoms with Gasteiger partial charge in [-0.05, 0) is 13.0 Å². The summed E-state index contributed by atoms with van der Waals surface area (Å²) in [6, 6.07) is 8.36. The number of hydrogen-bond acceptors (Lipinski definition) is 3. The molecule has 20 heavy (non-hydrogen) atoms. The molecule has 1 saturated heterocycles.